The van der Waals surface area contributed by atoms with Crippen LogP contribution in [0.15, 0.2) is 22.7 Å². The molecule has 2 saturated carbocycles. The monoisotopic (exact) mass is 477 g/mol. The Balaban J connectivity index is 1.46. The molecular weight excluding hydrogens is 442 g/mol. The molecule has 1 aliphatic heterocycles. The maximum Gasteiger partial charge on any atom is 0.253 e. The number of nitrogen functional groups attached to an aromatic ring is 1. The summed E-state index contributed by atoms with van der Waals surface area (Å²) < 4.78 is 6.45. The molecule has 0 bridgehead atoms. The number of carbonyl (C=O) groups excluding carboxylic acids is 1. The van der Waals surface area contributed by atoms with Crippen molar-refractivity contribution in [1.29, 1.82) is 0 Å². The number of hydrogen-bond acceptors (Lipinski definition) is 4. The summed E-state index contributed by atoms with van der Waals surface area (Å²) in [7, 11) is 2.31. The van der Waals surface area contributed by atoms with E-state index in [1.165, 1.54) is 19.3 Å². The average molecular weight is 478 g/mol. The van der Waals surface area contributed by atoms with Gasteiger partial charge in [-0.2, -0.15) is 0 Å². The van der Waals surface area contributed by atoms with Gasteiger partial charge >= 0.3 is 0 Å². The van der Waals surface area contributed by atoms with Crippen molar-refractivity contribution in [2.75, 3.05) is 26.0 Å². The van der Waals surface area contributed by atoms with E-state index in [9.17, 15) is 4.79 Å². The van der Waals surface area contributed by atoms with Crippen LogP contribution in [0.1, 0.15) is 62.7 Å². The van der Waals surface area contributed by atoms with Crippen LogP contribution < -0.4 is 11.1 Å². The summed E-state index contributed by atoms with van der Waals surface area (Å²) in [5.41, 5.74) is 7.43. The molecule has 3 aliphatic rings. The molecule has 1 saturated heterocycles. The van der Waals surface area contributed by atoms with Crippen molar-refractivity contribution in [2.24, 2.45) is 17.3 Å². The first-order chi connectivity index (χ1) is 14.3. The van der Waals surface area contributed by atoms with Crippen molar-refractivity contribution >= 4 is 27.5 Å². The predicted octanol–water partition coefficient (Wildman–Crippen LogP) is 4.46. The van der Waals surface area contributed by atoms with Gasteiger partial charge in [0.15, 0.2) is 0 Å². The van der Waals surface area contributed by atoms with Gasteiger partial charge in [-0.05, 0) is 81.0 Å². The molecule has 166 valence electrons. The number of benzene rings is 1. The fraction of sp³-hybridized carbons (Fsp3) is 0.708. The van der Waals surface area contributed by atoms with E-state index in [-0.39, 0.29) is 17.4 Å². The lowest BCUT2D eigenvalue weighted by molar-refractivity contribution is 0.0282. The second-order valence-corrected chi connectivity index (χ2v) is 11.0. The highest BCUT2D eigenvalue weighted by Crippen LogP contribution is 2.63. The van der Waals surface area contributed by atoms with Crippen LogP contribution in [0, 0.1) is 17.3 Å². The van der Waals surface area contributed by atoms with Gasteiger partial charge in [0.2, 0.25) is 0 Å². The Hall–Kier alpha value is -1.11. The summed E-state index contributed by atoms with van der Waals surface area (Å²) in [5, 5.41) is 3.33. The standard InChI is InChI=1S/C24H36BrN3O2/c1-15(2)10-16-11-19(28(3)18-6-8-30-9-7-18)13-24(16)14-22(24)27-23(29)20-12-17(25)4-5-21(20)26/h4-5,12,15-16,18-19,22H,6-11,13-14,26H2,1-3H3,(H,27,29)/t16?,19?,22-,24-/m1/s1. The zero-order chi connectivity index (χ0) is 21.5. The van der Waals surface area contributed by atoms with E-state index in [1.54, 1.807) is 6.07 Å². The quantitative estimate of drug-likeness (QED) is 0.593. The summed E-state index contributed by atoms with van der Waals surface area (Å²) in [5.74, 6) is 1.31. The summed E-state index contributed by atoms with van der Waals surface area (Å²) in [6, 6.07) is 6.98. The van der Waals surface area contributed by atoms with E-state index in [2.05, 4.69) is 47.0 Å². The Labute approximate surface area is 189 Å². The Bertz CT molecular complexity index is 780. The number of ether oxygens (including phenoxy) is 1. The highest BCUT2D eigenvalue weighted by molar-refractivity contribution is 9.10. The van der Waals surface area contributed by atoms with Crippen LogP contribution in [0.2, 0.25) is 0 Å². The number of amides is 1. The first-order valence-corrected chi connectivity index (χ1v) is 12.2. The lowest BCUT2D eigenvalue weighted by Gasteiger charge is -2.35. The normalized spacial score (nSPS) is 31.6. The highest BCUT2D eigenvalue weighted by Gasteiger charge is 2.64. The van der Waals surface area contributed by atoms with Gasteiger partial charge in [-0.25, -0.2) is 0 Å². The number of nitrogens with two attached hydrogens (primary N) is 1. The van der Waals surface area contributed by atoms with Crippen LogP contribution in [0.4, 0.5) is 5.69 Å². The summed E-state index contributed by atoms with van der Waals surface area (Å²) in [6.07, 6.45) is 7.05. The van der Waals surface area contributed by atoms with Gasteiger partial charge in [0.05, 0.1) is 5.56 Å². The topological polar surface area (TPSA) is 67.6 Å². The van der Waals surface area contributed by atoms with E-state index < -0.39 is 0 Å². The zero-order valence-corrected chi connectivity index (χ0v) is 20.1. The van der Waals surface area contributed by atoms with Crippen LogP contribution in [-0.4, -0.2) is 49.2 Å². The summed E-state index contributed by atoms with van der Waals surface area (Å²) in [4.78, 5) is 15.6. The molecule has 1 heterocycles. The second-order valence-electron chi connectivity index (χ2n) is 10.1. The molecule has 4 rings (SSSR count). The molecule has 2 aliphatic carbocycles. The van der Waals surface area contributed by atoms with Gasteiger partial charge in [0, 0.05) is 41.5 Å². The molecule has 5 nitrogen and oxygen atoms in total. The van der Waals surface area contributed by atoms with Gasteiger partial charge in [-0.1, -0.05) is 29.8 Å². The number of halogens is 1. The largest absolute Gasteiger partial charge is 0.398 e. The van der Waals surface area contributed by atoms with E-state index in [0.29, 0.717) is 35.2 Å². The smallest absolute Gasteiger partial charge is 0.253 e. The molecule has 30 heavy (non-hydrogen) atoms. The van der Waals surface area contributed by atoms with Gasteiger partial charge in [0.25, 0.3) is 5.91 Å². The fourth-order valence-electron chi connectivity index (χ4n) is 6.01. The molecular formula is C24H36BrN3O2. The Kier molecular flexibility index (Phi) is 6.48. The van der Waals surface area contributed by atoms with E-state index in [1.807, 2.05) is 12.1 Å². The number of anilines is 1. The predicted molar refractivity (Wildman–Crippen MR) is 124 cm³/mol. The van der Waals surface area contributed by atoms with Crippen molar-refractivity contribution in [3.63, 3.8) is 0 Å². The first kappa shape index (κ1) is 22.1. The number of carbonyl (C=O) groups is 1. The third-order valence-corrected chi connectivity index (χ3v) is 8.26. The van der Waals surface area contributed by atoms with Gasteiger partial charge in [-0.3, -0.25) is 4.79 Å². The molecule has 3 fully saturated rings. The fourth-order valence-corrected chi connectivity index (χ4v) is 6.37. The van der Waals surface area contributed by atoms with Crippen molar-refractivity contribution < 1.29 is 9.53 Å². The van der Waals surface area contributed by atoms with Crippen LogP contribution in [0.3, 0.4) is 0 Å². The van der Waals surface area contributed by atoms with E-state index >= 15 is 0 Å². The average Bonchev–Trinajstić information content (AvgIpc) is 3.28. The maximum atomic E-state index is 13.0. The Morgan fingerprint density at radius 3 is 2.73 bits per heavy atom. The van der Waals surface area contributed by atoms with Gasteiger partial charge < -0.3 is 20.7 Å². The van der Waals surface area contributed by atoms with E-state index in [0.717, 1.165) is 36.9 Å². The van der Waals surface area contributed by atoms with Crippen LogP contribution >= 0.6 is 15.9 Å². The minimum Gasteiger partial charge on any atom is -0.398 e. The van der Waals surface area contributed by atoms with Gasteiger partial charge in [0.1, 0.15) is 0 Å². The zero-order valence-electron chi connectivity index (χ0n) is 18.5. The van der Waals surface area contributed by atoms with Crippen molar-refractivity contribution in [2.45, 2.75) is 70.5 Å². The maximum absolute atomic E-state index is 13.0. The van der Waals surface area contributed by atoms with E-state index in [4.69, 9.17) is 10.5 Å². The second kappa shape index (κ2) is 8.79. The molecule has 3 N–H and O–H groups in total. The minimum atomic E-state index is -0.0415. The van der Waals surface area contributed by atoms with Crippen LogP contribution in [0.5, 0.6) is 0 Å². The van der Waals surface area contributed by atoms with Crippen LogP contribution in [0.25, 0.3) is 0 Å². The van der Waals surface area contributed by atoms with Crippen LogP contribution in [-0.2, 0) is 4.74 Å². The molecule has 1 amide bonds. The van der Waals surface area contributed by atoms with Crippen molar-refractivity contribution in [3.05, 3.63) is 28.2 Å². The molecule has 0 aromatic heterocycles. The molecule has 4 atom stereocenters. The number of nitrogens with zero attached hydrogens (tertiary/aromatic N) is 1. The molecule has 2 unspecified atom stereocenters. The third kappa shape index (κ3) is 4.42. The lowest BCUT2D eigenvalue weighted by atomic mass is 9.85. The number of nitrogens with one attached hydrogen (secondary N) is 1. The number of rotatable bonds is 6. The summed E-state index contributed by atoms with van der Waals surface area (Å²) in [6.45, 7) is 6.41. The molecule has 1 spiro atoms. The minimum absolute atomic E-state index is 0.0415. The first-order valence-electron chi connectivity index (χ1n) is 11.5. The Morgan fingerprint density at radius 2 is 2.03 bits per heavy atom. The summed E-state index contributed by atoms with van der Waals surface area (Å²) >= 11 is 3.45. The molecule has 6 heteroatoms. The molecule has 0 radical (unpaired) electrons. The van der Waals surface area contributed by atoms with Gasteiger partial charge in [-0.15, -0.1) is 0 Å². The third-order valence-electron chi connectivity index (χ3n) is 7.77. The lowest BCUT2D eigenvalue weighted by Crippen LogP contribution is -2.42. The van der Waals surface area contributed by atoms with Crippen molar-refractivity contribution in [3.8, 4) is 0 Å². The highest BCUT2D eigenvalue weighted by atomic mass is 79.9. The molecule has 1 aromatic rings. The Morgan fingerprint density at radius 1 is 1.30 bits per heavy atom. The van der Waals surface area contributed by atoms with Crippen molar-refractivity contribution in [1.82, 2.24) is 10.2 Å². The SMILES string of the molecule is CC(C)CC1CC(N(C)C2CCOCC2)C[C@@]12C[C@H]2NC(=O)c1cc(Br)ccc1N. The molecule has 1 aromatic carbocycles. The number of hydrogen-bond donors (Lipinski definition) is 2.